The fourth-order valence-corrected chi connectivity index (χ4v) is 4.78. The van der Waals surface area contributed by atoms with Gasteiger partial charge in [0.05, 0.1) is 22.4 Å². The third-order valence-corrected chi connectivity index (χ3v) is 6.91. The molecular weight excluding hydrogens is 456 g/mol. The molecule has 33 heavy (non-hydrogen) atoms. The van der Waals surface area contributed by atoms with Gasteiger partial charge in [-0.05, 0) is 63.3 Å². The van der Waals surface area contributed by atoms with Crippen molar-refractivity contribution in [1.82, 2.24) is 15.6 Å². The van der Waals surface area contributed by atoms with E-state index in [1.54, 1.807) is 0 Å². The van der Waals surface area contributed by atoms with Gasteiger partial charge in [0.1, 0.15) is 23.1 Å². The molecule has 5 rings (SSSR count). The molecule has 7 nitrogen and oxygen atoms in total. The van der Waals surface area contributed by atoms with Gasteiger partial charge in [0, 0.05) is 11.6 Å². The lowest BCUT2D eigenvalue weighted by atomic mass is 9.60. The summed E-state index contributed by atoms with van der Waals surface area (Å²) in [6.45, 7) is 1.15. The number of rotatable bonds is 6. The summed E-state index contributed by atoms with van der Waals surface area (Å²) in [7, 11) is 0. The lowest BCUT2D eigenvalue weighted by Gasteiger charge is -2.56. The average Bonchev–Trinajstić information content (AvgIpc) is 2.77. The highest BCUT2D eigenvalue weighted by Gasteiger charge is 2.55. The first-order valence-electron chi connectivity index (χ1n) is 10.6. The largest absolute Gasteiger partial charge is 0.484 e. The Morgan fingerprint density at radius 3 is 2.52 bits per heavy atom. The van der Waals surface area contributed by atoms with Crippen LogP contribution in [0.15, 0.2) is 30.3 Å². The fourth-order valence-electron chi connectivity index (χ4n) is 4.67. The predicted molar refractivity (Wildman–Crippen MR) is 116 cm³/mol. The van der Waals surface area contributed by atoms with Crippen molar-refractivity contribution >= 4 is 23.4 Å². The Bertz CT molecular complexity index is 1090. The zero-order valence-electron chi connectivity index (χ0n) is 18.0. The number of hydrogen-bond donors (Lipinski definition) is 3. The first kappa shape index (κ1) is 23.4. The van der Waals surface area contributed by atoms with Gasteiger partial charge in [-0.2, -0.15) is 0 Å². The second kappa shape index (κ2) is 8.87. The van der Waals surface area contributed by atoms with Crippen molar-refractivity contribution in [2.45, 2.75) is 56.2 Å². The second-order valence-corrected chi connectivity index (χ2v) is 9.19. The fraction of sp³-hybridized carbons (Fsp3) is 0.435. The molecule has 0 saturated heterocycles. The Morgan fingerprint density at radius 1 is 1.15 bits per heavy atom. The maximum Gasteiger partial charge on any atom is 0.270 e. The molecule has 0 spiro atoms. The molecule has 3 saturated carbocycles. The Hall–Kier alpha value is -2.78. The predicted octanol–water partition coefficient (Wildman–Crippen LogP) is 3.06. The van der Waals surface area contributed by atoms with Crippen molar-refractivity contribution in [2.75, 3.05) is 6.61 Å². The van der Waals surface area contributed by atoms with E-state index in [2.05, 4.69) is 15.6 Å². The van der Waals surface area contributed by atoms with Crippen LogP contribution in [0.3, 0.4) is 0 Å². The SMILES string of the molecule is Cc1nc(C(=O)NC23CCC(NC(=O)COc4ccc(Cl)c(F)c4)(CC2)[C@@H](O)C3)ccc1F. The highest BCUT2D eigenvalue weighted by atomic mass is 35.5. The molecule has 1 heterocycles. The summed E-state index contributed by atoms with van der Waals surface area (Å²) in [5.74, 6) is -1.82. The molecule has 0 radical (unpaired) electrons. The zero-order chi connectivity index (χ0) is 23.8. The van der Waals surface area contributed by atoms with E-state index >= 15 is 0 Å². The van der Waals surface area contributed by atoms with Crippen LogP contribution in [0, 0.1) is 18.6 Å². The topological polar surface area (TPSA) is 101 Å². The summed E-state index contributed by atoms with van der Waals surface area (Å²) in [6.07, 6.45) is 1.43. The van der Waals surface area contributed by atoms with E-state index in [1.807, 2.05) is 0 Å². The minimum Gasteiger partial charge on any atom is -0.484 e. The van der Waals surface area contributed by atoms with Crippen LogP contribution in [0.1, 0.15) is 48.3 Å². The van der Waals surface area contributed by atoms with Crippen molar-refractivity contribution in [3.63, 3.8) is 0 Å². The number of aliphatic hydroxyl groups is 1. The molecule has 1 atom stereocenters. The van der Waals surface area contributed by atoms with Crippen molar-refractivity contribution in [3.8, 4) is 5.75 Å². The first-order chi connectivity index (χ1) is 15.6. The van der Waals surface area contributed by atoms with Crippen molar-refractivity contribution in [3.05, 3.63) is 58.4 Å². The Morgan fingerprint density at radius 2 is 1.88 bits per heavy atom. The molecule has 3 aliphatic rings. The van der Waals surface area contributed by atoms with Crippen LogP contribution in [-0.4, -0.2) is 45.7 Å². The van der Waals surface area contributed by atoms with Gasteiger partial charge < -0.3 is 20.5 Å². The number of amides is 2. The number of pyridine rings is 1. The van der Waals surface area contributed by atoms with E-state index in [0.29, 0.717) is 25.7 Å². The standard InChI is InChI=1S/C23H24ClF2N3O4/c1-13-16(25)4-5-18(27-13)21(32)29-22-6-8-23(9-7-22,19(30)11-22)28-20(31)12-33-14-2-3-15(24)17(26)10-14/h2-5,10,19,30H,6-9,11-12H2,1H3,(H,28,31)(H,29,32)/t19-,22?,23?/m0/s1. The van der Waals surface area contributed by atoms with Crippen LogP contribution >= 0.6 is 11.6 Å². The third-order valence-electron chi connectivity index (χ3n) is 6.60. The summed E-state index contributed by atoms with van der Waals surface area (Å²) < 4.78 is 32.3. The third kappa shape index (κ3) is 4.79. The summed E-state index contributed by atoms with van der Waals surface area (Å²) in [5, 5.41) is 16.7. The molecule has 1 aromatic carbocycles. The Kier molecular flexibility index (Phi) is 6.28. The van der Waals surface area contributed by atoms with Gasteiger partial charge in [-0.1, -0.05) is 11.6 Å². The van der Waals surface area contributed by atoms with Gasteiger partial charge in [-0.15, -0.1) is 0 Å². The lowest BCUT2D eigenvalue weighted by Crippen LogP contribution is -2.70. The molecule has 2 bridgehead atoms. The van der Waals surface area contributed by atoms with Crippen LogP contribution in [-0.2, 0) is 4.79 Å². The van der Waals surface area contributed by atoms with E-state index in [9.17, 15) is 23.5 Å². The van der Waals surface area contributed by atoms with Crippen molar-refractivity contribution < 1.29 is 28.2 Å². The van der Waals surface area contributed by atoms with Crippen LogP contribution in [0.2, 0.25) is 5.02 Å². The summed E-state index contributed by atoms with van der Waals surface area (Å²) >= 11 is 5.64. The van der Waals surface area contributed by atoms with Gasteiger partial charge in [0.2, 0.25) is 0 Å². The van der Waals surface area contributed by atoms with Gasteiger partial charge >= 0.3 is 0 Å². The lowest BCUT2D eigenvalue weighted by molar-refractivity contribution is -0.132. The minimum absolute atomic E-state index is 0.0425. The van der Waals surface area contributed by atoms with Gasteiger partial charge in [-0.25, -0.2) is 13.8 Å². The Labute approximate surface area is 194 Å². The average molecular weight is 480 g/mol. The van der Waals surface area contributed by atoms with Crippen LogP contribution in [0.5, 0.6) is 5.75 Å². The quantitative estimate of drug-likeness (QED) is 0.591. The molecule has 10 heteroatoms. The number of carbonyl (C=O) groups is 2. The molecule has 2 aromatic rings. The number of benzene rings is 1. The second-order valence-electron chi connectivity index (χ2n) is 8.79. The van der Waals surface area contributed by atoms with E-state index in [-0.39, 0.29) is 35.2 Å². The van der Waals surface area contributed by atoms with Gasteiger partial charge in [0.25, 0.3) is 11.8 Å². The first-order valence-corrected chi connectivity index (χ1v) is 11.0. The molecule has 2 amide bonds. The number of nitrogens with one attached hydrogen (secondary N) is 2. The number of halogens is 3. The number of nitrogens with zero attached hydrogens (tertiary/aromatic N) is 1. The van der Waals surface area contributed by atoms with E-state index in [4.69, 9.17) is 16.3 Å². The zero-order valence-corrected chi connectivity index (χ0v) is 18.7. The molecule has 176 valence electrons. The monoisotopic (exact) mass is 479 g/mol. The molecular formula is C23H24ClF2N3O4. The molecule has 3 N–H and O–H groups in total. The number of aliphatic hydroxyl groups excluding tert-OH is 1. The van der Waals surface area contributed by atoms with Crippen molar-refractivity contribution in [2.24, 2.45) is 0 Å². The highest BCUT2D eigenvalue weighted by Crippen LogP contribution is 2.47. The molecule has 0 unspecified atom stereocenters. The normalized spacial score (nSPS) is 26.0. The summed E-state index contributed by atoms with van der Waals surface area (Å²) in [4.78, 5) is 29.2. The molecule has 3 aliphatic carbocycles. The van der Waals surface area contributed by atoms with Crippen molar-refractivity contribution in [1.29, 1.82) is 0 Å². The number of hydrogen-bond acceptors (Lipinski definition) is 5. The number of fused-ring (bicyclic) bond motifs is 3. The van der Waals surface area contributed by atoms with E-state index in [1.165, 1.54) is 31.2 Å². The van der Waals surface area contributed by atoms with Crippen LogP contribution in [0.4, 0.5) is 8.78 Å². The molecule has 1 aromatic heterocycles. The maximum atomic E-state index is 13.5. The van der Waals surface area contributed by atoms with E-state index < -0.39 is 40.6 Å². The smallest absolute Gasteiger partial charge is 0.270 e. The maximum absolute atomic E-state index is 13.5. The number of carbonyl (C=O) groups excluding carboxylic acids is 2. The summed E-state index contributed by atoms with van der Waals surface area (Å²) in [6, 6.07) is 6.42. The van der Waals surface area contributed by atoms with Gasteiger partial charge in [-0.3, -0.25) is 9.59 Å². The number of aryl methyl sites for hydroxylation is 1. The minimum atomic E-state index is -0.875. The van der Waals surface area contributed by atoms with Gasteiger partial charge in [0.15, 0.2) is 6.61 Å². The number of aromatic nitrogens is 1. The Balaban J connectivity index is 1.35. The van der Waals surface area contributed by atoms with E-state index in [0.717, 1.165) is 6.07 Å². The highest BCUT2D eigenvalue weighted by molar-refractivity contribution is 6.30. The summed E-state index contributed by atoms with van der Waals surface area (Å²) in [5.41, 5.74) is -1.19. The van der Waals surface area contributed by atoms with Crippen LogP contribution in [0.25, 0.3) is 0 Å². The molecule has 0 aliphatic heterocycles. The number of ether oxygens (including phenoxy) is 1. The molecule has 3 fully saturated rings. The van der Waals surface area contributed by atoms with Crippen LogP contribution < -0.4 is 15.4 Å².